The first kappa shape index (κ1) is 29.2. The molecular weight excluding hydrogens is 540 g/mol. The van der Waals surface area contributed by atoms with Crippen molar-refractivity contribution >= 4 is 46.4 Å². The molecule has 0 unspecified atom stereocenters. The second kappa shape index (κ2) is 14.0. The number of benzene rings is 2. The predicted molar refractivity (Wildman–Crippen MR) is 156 cm³/mol. The van der Waals surface area contributed by atoms with Gasteiger partial charge in [0.1, 0.15) is 0 Å². The summed E-state index contributed by atoms with van der Waals surface area (Å²) in [6.45, 7) is 3.45. The highest BCUT2D eigenvalue weighted by molar-refractivity contribution is 6.04. The highest BCUT2D eigenvalue weighted by Crippen LogP contribution is 2.14. The molecule has 0 aliphatic carbocycles. The molecule has 0 spiro atoms. The first-order valence-electron chi connectivity index (χ1n) is 12.9. The monoisotopic (exact) mass is 568 g/mol. The molecule has 4 aromatic rings. The number of hydrazone groups is 2. The zero-order valence-corrected chi connectivity index (χ0v) is 22.8. The summed E-state index contributed by atoms with van der Waals surface area (Å²) in [5, 5.41) is 13.6. The van der Waals surface area contributed by atoms with E-state index in [1.165, 1.54) is 12.5 Å². The minimum absolute atomic E-state index is 0.0843. The minimum Gasteiger partial charge on any atom is -0.459 e. The molecule has 0 fully saturated rings. The van der Waals surface area contributed by atoms with Crippen molar-refractivity contribution < 1.29 is 28.0 Å². The van der Waals surface area contributed by atoms with Crippen LogP contribution in [0.2, 0.25) is 0 Å². The molecule has 4 amide bonds. The zero-order chi connectivity index (χ0) is 29.9. The fraction of sp³-hybridized carbons (Fsp3) is 0.133. The summed E-state index contributed by atoms with van der Waals surface area (Å²) in [5.74, 6) is -1.18. The number of carbonyl (C=O) groups excluding carboxylic acids is 4. The number of hydrogen-bond acceptors (Lipinski definition) is 8. The number of carbonyl (C=O) groups is 4. The first-order chi connectivity index (χ1) is 20.3. The lowest BCUT2D eigenvalue weighted by atomic mass is 10.1. The summed E-state index contributed by atoms with van der Waals surface area (Å²) in [7, 11) is 0. The van der Waals surface area contributed by atoms with E-state index >= 15 is 0 Å². The van der Waals surface area contributed by atoms with Crippen molar-refractivity contribution in [1.82, 2.24) is 10.9 Å². The highest BCUT2D eigenvalue weighted by atomic mass is 16.3. The SMILES string of the molecule is CC(=NNC(=O)CCC(=O)NN=C(C)c1ccc(NC(=O)c2ccco2)cc1)c1ccc(NC(=O)c2ccco2)cc1. The number of hydrogen-bond donors (Lipinski definition) is 4. The van der Waals surface area contributed by atoms with Crippen LogP contribution in [-0.2, 0) is 9.59 Å². The van der Waals surface area contributed by atoms with Gasteiger partial charge in [-0.05, 0) is 73.5 Å². The van der Waals surface area contributed by atoms with Crippen LogP contribution in [0.5, 0.6) is 0 Å². The molecular formula is C30H28N6O6. The maximum absolute atomic E-state index is 12.2. The van der Waals surface area contributed by atoms with Crippen LogP contribution in [0.3, 0.4) is 0 Å². The van der Waals surface area contributed by atoms with Gasteiger partial charge < -0.3 is 19.5 Å². The molecule has 0 saturated carbocycles. The normalized spacial score (nSPS) is 11.5. The molecule has 4 rings (SSSR count). The van der Waals surface area contributed by atoms with Crippen molar-refractivity contribution in [3.05, 3.63) is 108 Å². The molecule has 0 atom stereocenters. The van der Waals surface area contributed by atoms with Gasteiger partial charge in [0, 0.05) is 24.2 Å². The molecule has 12 nitrogen and oxygen atoms in total. The van der Waals surface area contributed by atoms with Crippen LogP contribution in [0.25, 0.3) is 0 Å². The summed E-state index contributed by atoms with van der Waals surface area (Å²) < 4.78 is 10.1. The molecule has 0 aliphatic heterocycles. The maximum Gasteiger partial charge on any atom is 0.291 e. The molecule has 2 aromatic heterocycles. The molecule has 42 heavy (non-hydrogen) atoms. The van der Waals surface area contributed by atoms with Gasteiger partial charge >= 0.3 is 0 Å². The quantitative estimate of drug-likeness (QED) is 0.153. The van der Waals surface area contributed by atoms with Crippen LogP contribution in [-0.4, -0.2) is 35.1 Å². The van der Waals surface area contributed by atoms with E-state index in [0.717, 1.165) is 11.1 Å². The van der Waals surface area contributed by atoms with Crippen molar-refractivity contribution in [2.45, 2.75) is 26.7 Å². The van der Waals surface area contributed by atoms with Gasteiger partial charge in [0.05, 0.1) is 23.9 Å². The van der Waals surface area contributed by atoms with Crippen molar-refractivity contribution in [2.75, 3.05) is 10.6 Å². The number of furan rings is 2. The average Bonchev–Trinajstić information content (AvgIpc) is 3.74. The van der Waals surface area contributed by atoms with Gasteiger partial charge in [-0.1, -0.05) is 24.3 Å². The second-order valence-electron chi connectivity index (χ2n) is 8.98. The Morgan fingerprint density at radius 2 is 0.976 bits per heavy atom. The van der Waals surface area contributed by atoms with Crippen LogP contribution >= 0.6 is 0 Å². The van der Waals surface area contributed by atoms with E-state index in [2.05, 4.69) is 31.7 Å². The van der Waals surface area contributed by atoms with Crippen molar-refractivity contribution in [3.8, 4) is 0 Å². The Morgan fingerprint density at radius 3 is 1.31 bits per heavy atom. The molecule has 0 aliphatic rings. The maximum atomic E-state index is 12.2. The van der Waals surface area contributed by atoms with Crippen molar-refractivity contribution in [1.29, 1.82) is 0 Å². The molecule has 2 aromatic carbocycles. The summed E-state index contributed by atoms with van der Waals surface area (Å²) in [6, 6.07) is 20.2. The lowest BCUT2D eigenvalue weighted by molar-refractivity contribution is -0.126. The summed E-state index contributed by atoms with van der Waals surface area (Å²) in [4.78, 5) is 48.5. The smallest absolute Gasteiger partial charge is 0.291 e. The fourth-order valence-corrected chi connectivity index (χ4v) is 3.55. The zero-order valence-electron chi connectivity index (χ0n) is 22.8. The van der Waals surface area contributed by atoms with Crippen molar-refractivity contribution in [2.24, 2.45) is 10.2 Å². The topological polar surface area (TPSA) is 167 Å². The summed E-state index contributed by atoms with van der Waals surface area (Å²) in [6.07, 6.45) is 2.67. The van der Waals surface area contributed by atoms with E-state index in [-0.39, 0.29) is 36.2 Å². The lowest BCUT2D eigenvalue weighted by Crippen LogP contribution is -2.24. The fourth-order valence-electron chi connectivity index (χ4n) is 3.55. The van der Waals surface area contributed by atoms with Crippen molar-refractivity contribution in [3.63, 3.8) is 0 Å². The van der Waals surface area contributed by atoms with E-state index in [1.807, 2.05) is 0 Å². The Balaban J connectivity index is 1.18. The van der Waals surface area contributed by atoms with Crippen LogP contribution in [0, 0.1) is 0 Å². The Bertz CT molecular complexity index is 1470. The largest absolute Gasteiger partial charge is 0.459 e. The Hall–Kier alpha value is -5.78. The van der Waals surface area contributed by atoms with Crippen LogP contribution in [0.1, 0.15) is 58.9 Å². The van der Waals surface area contributed by atoms with Gasteiger partial charge in [-0.15, -0.1) is 0 Å². The number of nitrogens with one attached hydrogen (secondary N) is 4. The summed E-state index contributed by atoms with van der Waals surface area (Å²) in [5.41, 5.74) is 8.59. The van der Waals surface area contributed by atoms with Crippen LogP contribution in [0.15, 0.2) is 104 Å². The van der Waals surface area contributed by atoms with E-state index < -0.39 is 11.8 Å². The Labute approximate surface area is 240 Å². The highest BCUT2D eigenvalue weighted by Gasteiger charge is 2.11. The molecule has 2 heterocycles. The molecule has 12 heteroatoms. The van der Waals surface area contributed by atoms with E-state index in [9.17, 15) is 19.2 Å². The number of anilines is 2. The van der Waals surface area contributed by atoms with E-state index in [4.69, 9.17) is 8.83 Å². The van der Waals surface area contributed by atoms with E-state index in [0.29, 0.717) is 22.8 Å². The predicted octanol–water partition coefficient (Wildman–Crippen LogP) is 4.54. The second-order valence-corrected chi connectivity index (χ2v) is 8.98. The standard InChI is InChI=1S/C30H28N6O6/c1-19(21-7-11-23(12-8-21)31-29(39)25-5-3-17-41-25)33-35-27(37)15-16-28(38)36-34-20(2)22-9-13-24(14-10-22)32-30(40)26-6-4-18-42-26/h3-14,17-18H,15-16H2,1-2H3,(H,31,39)(H,32,40)(H,35,37)(H,36,38). The lowest BCUT2D eigenvalue weighted by Gasteiger charge is -2.07. The van der Waals surface area contributed by atoms with Gasteiger partial charge in [0.15, 0.2) is 11.5 Å². The Kier molecular flexibility index (Phi) is 9.76. The van der Waals surface area contributed by atoms with Crippen LogP contribution < -0.4 is 21.5 Å². The van der Waals surface area contributed by atoms with Gasteiger partial charge in [-0.25, -0.2) is 10.9 Å². The third-order valence-electron chi connectivity index (χ3n) is 5.89. The van der Waals surface area contributed by atoms with Gasteiger partial charge in [0.25, 0.3) is 11.8 Å². The number of nitrogens with zero attached hydrogens (tertiary/aromatic N) is 2. The summed E-state index contributed by atoms with van der Waals surface area (Å²) >= 11 is 0. The average molecular weight is 569 g/mol. The van der Waals surface area contributed by atoms with E-state index in [1.54, 1.807) is 86.6 Å². The van der Waals surface area contributed by atoms with Crippen LogP contribution in [0.4, 0.5) is 11.4 Å². The minimum atomic E-state index is -0.431. The van der Waals surface area contributed by atoms with Gasteiger partial charge in [-0.2, -0.15) is 10.2 Å². The van der Waals surface area contributed by atoms with Gasteiger partial charge in [-0.3, -0.25) is 19.2 Å². The Morgan fingerprint density at radius 1 is 0.595 bits per heavy atom. The third kappa shape index (κ3) is 8.36. The molecule has 0 saturated heterocycles. The molecule has 214 valence electrons. The van der Waals surface area contributed by atoms with Gasteiger partial charge in [0.2, 0.25) is 11.8 Å². The molecule has 0 radical (unpaired) electrons. The number of amides is 4. The number of rotatable bonds is 11. The molecule has 0 bridgehead atoms. The first-order valence-corrected chi connectivity index (χ1v) is 12.9. The molecule has 4 N–H and O–H groups in total. The third-order valence-corrected chi connectivity index (χ3v) is 5.89.